The van der Waals surface area contributed by atoms with Crippen LogP contribution in [-0.4, -0.2) is 29.6 Å². The Morgan fingerprint density at radius 2 is 1.68 bits per heavy atom. The summed E-state index contributed by atoms with van der Waals surface area (Å²) in [7, 11) is 0. The fourth-order valence-electron chi connectivity index (χ4n) is 1.97. The van der Waals surface area contributed by atoms with Crippen molar-refractivity contribution in [1.29, 1.82) is 0 Å². The molecule has 1 aromatic carbocycles. The van der Waals surface area contributed by atoms with Gasteiger partial charge in [0.1, 0.15) is 6.04 Å². The molecule has 0 heterocycles. The highest BCUT2D eigenvalue weighted by molar-refractivity contribution is 5.94. The number of carbonyl (C=O) groups is 2. The van der Waals surface area contributed by atoms with Crippen molar-refractivity contribution in [2.45, 2.75) is 46.1 Å². The van der Waals surface area contributed by atoms with Crippen molar-refractivity contribution in [3.8, 4) is 0 Å². The van der Waals surface area contributed by atoms with E-state index in [1.165, 1.54) is 5.56 Å². The van der Waals surface area contributed by atoms with Crippen LogP contribution in [0.1, 0.15) is 45.6 Å². The minimum absolute atomic E-state index is 0.0893. The number of carbonyl (C=O) groups excluding carboxylic acids is 1. The van der Waals surface area contributed by atoms with E-state index in [0.29, 0.717) is 24.1 Å². The van der Waals surface area contributed by atoms with Gasteiger partial charge in [-0.3, -0.25) is 9.59 Å². The zero-order valence-corrected chi connectivity index (χ0v) is 13.7. The second-order valence-electron chi connectivity index (χ2n) is 6.22. The summed E-state index contributed by atoms with van der Waals surface area (Å²) in [6.45, 7) is 8.74. The molecule has 0 saturated heterocycles. The van der Waals surface area contributed by atoms with E-state index < -0.39 is 12.0 Å². The smallest absolute Gasteiger partial charge is 0.321 e. The Morgan fingerprint density at radius 3 is 2.14 bits per heavy atom. The molecular formula is C17H26N2O3. The van der Waals surface area contributed by atoms with Gasteiger partial charge in [0, 0.05) is 5.69 Å². The molecule has 5 heteroatoms. The van der Waals surface area contributed by atoms with Crippen LogP contribution in [0.15, 0.2) is 24.3 Å². The average molecular weight is 306 g/mol. The topological polar surface area (TPSA) is 78.4 Å². The highest BCUT2D eigenvalue weighted by atomic mass is 16.4. The van der Waals surface area contributed by atoms with Gasteiger partial charge < -0.3 is 15.7 Å². The van der Waals surface area contributed by atoms with Gasteiger partial charge in [0.15, 0.2) is 0 Å². The Hall–Kier alpha value is -1.88. The molecular weight excluding hydrogens is 280 g/mol. The zero-order chi connectivity index (χ0) is 16.7. The molecule has 0 fully saturated rings. The first-order valence-electron chi connectivity index (χ1n) is 7.65. The van der Waals surface area contributed by atoms with Crippen molar-refractivity contribution in [3.63, 3.8) is 0 Å². The van der Waals surface area contributed by atoms with E-state index in [9.17, 15) is 9.59 Å². The van der Waals surface area contributed by atoms with E-state index in [-0.39, 0.29) is 12.3 Å². The maximum absolute atomic E-state index is 12.0. The molecule has 1 atom stereocenters. The Labute approximate surface area is 132 Å². The molecule has 0 bridgehead atoms. The third kappa shape index (κ3) is 6.26. The lowest BCUT2D eigenvalue weighted by atomic mass is 10.0. The number of carboxylic acids is 1. The molecule has 1 amide bonds. The maximum atomic E-state index is 12.0. The maximum Gasteiger partial charge on any atom is 0.321 e. The van der Waals surface area contributed by atoms with Crippen molar-refractivity contribution in [2.75, 3.05) is 11.9 Å². The lowest BCUT2D eigenvalue weighted by Crippen LogP contribution is -2.41. The summed E-state index contributed by atoms with van der Waals surface area (Å²) in [5.74, 6) is -0.554. The van der Waals surface area contributed by atoms with Crippen LogP contribution in [0, 0.1) is 5.92 Å². The SMILES string of the molecule is CC(C)CNC(CC(=O)Nc1ccc(C(C)C)cc1)C(=O)O. The van der Waals surface area contributed by atoms with E-state index in [0.717, 1.165) is 0 Å². The molecule has 122 valence electrons. The predicted molar refractivity (Wildman–Crippen MR) is 88.0 cm³/mol. The van der Waals surface area contributed by atoms with E-state index in [4.69, 9.17) is 5.11 Å². The third-order valence-electron chi connectivity index (χ3n) is 3.32. The molecule has 1 unspecified atom stereocenters. The molecule has 0 aromatic heterocycles. The van der Waals surface area contributed by atoms with E-state index in [1.54, 1.807) is 0 Å². The van der Waals surface area contributed by atoms with Crippen LogP contribution in [0.3, 0.4) is 0 Å². The third-order valence-corrected chi connectivity index (χ3v) is 3.32. The van der Waals surface area contributed by atoms with Gasteiger partial charge in [-0.05, 0) is 36.1 Å². The van der Waals surface area contributed by atoms with Crippen molar-refractivity contribution >= 4 is 17.6 Å². The van der Waals surface area contributed by atoms with Crippen LogP contribution in [-0.2, 0) is 9.59 Å². The molecule has 1 aromatic rings. The predicted octanol–water partition coefficient (Wildman–Crippen LogP) is 2.84. The molecule has 0 spiro atoms. The van der Waals surface area contributed by atoms with E-state index in [1.807, 2.05) is 38.1 Å². The lowest BCUT2D eigenvalue weighted by molar-refractivity contribution is -0.141. The van der Waals surface area contributed by atoms with Crippen molar-refractivity contribution in [3.05, 3.63) is 29.8 Å². The lowest BCUT2D eigenvalue weighted by Gasteiger charge is -2.16. The molecule has 0 radical (unpaired) electrons. The monoisotopic (exact) mass is 306 g/mol. The standard InChI is InChI=1S/C17H26N2O3/c1-11(2)10-18-15(17(21)22)9-16(20)19-14-7-5-13(6-8-14)12(3)4/h5-8,11-12,15,18H,9-10H2,1-4H3,(H,19,20)(H,21,22). The molecule has 5 nitrogen and oxygen atoms in total. The molecule has 1 rings (SSSR count). The second-order valence-corrected chi connectivity index (χ2v) is 6.22. The van der Waals surface area contributed by atoms with Gasteiger partial charge in [0.05, 0.1) is 6.42 Å². The quantitative estimate of drug-likeness (QED) is 0.690. The van der Waals surface area contributed by atoms with Gasteiger partial charge >= 0.3 is 5.97 Å². The van der Waals surface area contributed by atoms with E-state index >= 15 is 0 Å². The second kappa shape index (κ2) is 8.54. The van der Waals surface area contributed by atoms with Crippen LogP contribution < -0.4 is 10.6 Å². The first-order valence-corrected chi connectivity index (χ1v) is 7.65. The Bertz CT molecular complexity index is 495. The largest absolute Gasteiger partial charge is 0.480 e. The van der Waals surface area contributed by atoms with Crippen molar-refractivity contribution in [2.24, 2.45) is 5.92 Å². The number of rotatable bonds is 8. The Balaban J connectivity index is 2.57. The van der Waals surface area contributed by atoms with Gasteiger partial charge in [-0.1, -0.05) is 39.8 Å². The highest BCUT2D eigenvalue weighted by Crippen LogP contribution is 2.17. The number of hydrogen-bond acceptors (Lipinski definition) is 3. The van der Waals surface area contributed by atoms with E-state index in [2.05, 4.69) is 24.5 Å². The first-order chi connectivity index (χ1) is 10.3. The first kappa shape index (κ1) is 18.2. The zero-order valence-electron chi connectivity index (χ0n) is 13.7. The number of anilines is 1. The number of aliphatic carboxylic acids is 1. The molecule has 0 aliphatic carbocycles. The normalized spacial score (nSPS) is 12.5. The summed E-state index contributed by atoms with van der Waals surface area (Å²) in [6, 6.07) is 6.74. The Kier molecular flexibility index (Phi) is 7.05. The van der Waals surface area contributed by atoms with Crippen LogP contribution in [0.2, 0.25) is 0 Å². The summed E-state index contributed by atoms with van der Waals surface area (Å²) in [5, 5.41) is 14.8. The fourth-order valence-corrected chi connectivity index (χ4v) is 1.97. The minimum Gasteiger partial charge on any atom is -0.480 e. The number of hydrogen-bond donors (Lipinski definition) is 3. The van der Waals surface area contributed by atoms with Crippen LogP contribution in [0.4, 0.5) is 5.69 Å². The van der Waals surface area contributed by atoms with Gasteiger partial charge in [-0.15, -0.1) is 0 Å². The van der Waals surface area contributed by atoms with Gasteiger partial charge in [0.25, 0.3) is 0 Å². The molecule has 0 saturated carbocycles. The molecule has 0 aliphatic rings. The average Bonchev–Trinajstić information content (AvgIpc) is 2.43. The number of carboxylic acid groups (broad SMARTS) is 1. The van der Waals surface area contributed by atoms with Crippen LogP contribution >= 0.6 is 0 Å². The summed E-state index contributed by atoms with van der Waals surface area (Å²) >= 11 is 0. The highest BCUT2D eigenvalue weighted by Gasteiger charge is 2.20. The minimum atomic E-state index is -1.01. The van der Waals surface area contributed by atoms with Crippen LogP contribution in [0.25, 0.3) is 0 Å². The number of nitrogens with one attached hydrogen (secondary N) is 2. The molecule has 0 aliphatic heterocycles. The van der Waals surface area contributed by atoms with Gasteiger partial charge in [-0.25, -0.2) is 0 Å². The van der Waals surface area contributed by atoms with Gasteiger partial charge in [0.2, 0.25) is 5.91 Å². The molecule has 3 N–H and O–H groups in total. The van der Waals surface area contributed by atoms with Crippen molar-refractivity contribution in [1.82, 2.24) is 5.32 Å². The van der Waals surface area contributed by atoms with Gasteiger partial charge in [-0.2, -0.15) is 0 Å². The number of benzene rings is 1. The summed E-state index contributed by atoms with van der Waals surface area (Å²) in [5.41, 5.74) is 1.88. The summed E-state index contributed by atoms with van der Waals surface area (Å²) in [4.78, 5) is 23.2. The summed E-state index contributed by atoms with van der Waals surface area (Å²) < 4.78 is 0. The molecule has 22 heavy (non-hydrogen) atoms. The van der Waals surface area contributed by atoms with Crippen molar-refractivity contribution < 1.29 is 14.7 Å². The van der Waals surface area contributed by atoms with Crippen LogP contribution in [0.5, 0.6) is 0 Å². The Morgan fingerprint density at radius 1 is 1.09 bits per heavy atom. The number of amides is 1. The summed E-state index contributed by atoms with van der Waals surface area (Å²) in [6.07, 6.45) is -0.0893. The fraction of sp³-hybridized carbons (Fsp3) is 0.529.